The first-order valence-electron chi connectivity index (χ1n) is 11.7. The van der Waals surface area contributed by atoms with Crippen molar-refractivity contribution in [1.82, 2.24) is 9.97 Å². The number of ether oxygens (including phenoxy) is 6. The number of H-pyrrole nitrogens is 1. The zero-order valence-corrected chi connectivity index (χ0v) is 23.0. The third-order valence-corrected chi connectivity index (χ3v) is 6.06. The average Bonchev–Trinajstić information content (AvgIpc) is 2.93. The molecule has 10 nitrogen and oxygen atoms in total. The standard InChI is InChI=1S/C28H27ClN2O8/c1-28(2,39-17-9-7-16(29)8-10-17)27(33)38-24-21(36-5)11-15(12-22(24)37-6)25-30-19-13-18(34-3)14-20(35-4)23(19)26(32)31-25/h7-14H,1-6H3,(H,30,31,32). The number of halogens is 1. The fourth-order valence-electron chi connectivity index (χ4n) is 3.80. The topological polar surface area (TPSA) is 118 Å². The lowest BCUT2D eigenvalue weighted by atomic mass is 10.1. The third kappa shape index (κ3) is 5.70. The number of benzene rings is 3. The number of nitrogens with zero attached hydrogens (tertiary/aromatic N) is 1. The number of carbonyl (C=O) groups excluding carboxylic acids is 1. The molecule has 0 aliphatic heterocycles. The van der Waals surface area contributed by atoms with Crippen LogP contribution in [0.5, 0.6) is 34.5 Å². The first-order chi connectivity index (χ1) is 18.6. The minimum atomic E-state index is -1.37. The molecule has 0 radical (unpaired) electrons. The Labute approximate surface area is 229 Å². The number of esters is 1. The van der Waals surface area contributed by atoms with Gasteiger partial charge in [-0.1, -0.05) is 11.6 Å². The van der Waals surface area contributed by atoms with Crippen LogP contribution in [0.4, 0.5) is 0 Å². The highest BCUT2D eigenvalue weighted by Gasteiger charge is 2.34. The fourth-order valence-corrected chi connectivity index (χ4v) is 3.92. The molecule has 11 heteroatoms. The highest BCUT2D eigenvalue weighted by atomic mass is 35.5. The van der Waals surface area contributed by atoms with Crippen molar-refractivity contribution in [1.29, 1.82) is 0 Å². The molecule has 4 aromatic rings. The van der Waals surface area contributed by atoms with Crippen LogP contribution in [0.25, 0.3) is 22.3 Å². The zero-order chi connectivity index (χ0) is 28.3. The Kier molecular flexibility index (Phi) is 7.87. The van der Waals surface area contributed by atoms with E-state index in [0.717, 1.165) is 0 Å². The molecular weight excluding hydrogens is 528 g/mol. The molecule has 1 heterocycles. The summed E-state index contributed by atoms with van der Waals surface area (Å²) < 4.78 is 33.2. The molecule has 0 unspecified atom stereocenters. The van der Waals surface area contributed by atoms with Crippen LogP contribution in [0.15, 0.2) is 53.3 Å². The van der Waals surface area contributed by atoms with E-state index in [2.05, 4.69) is 9.97 Å². The molecule has 0 amide bonds. The summed E-state index contributed by atoms with van der Waals surface area (Å²) in [5.41, 5.74) is -0.976. The Morgan fingerprint density at radius 3 is 2.03 bits per heavy atom. The molecule has 0 saturated carbocycles. The zero-order valence-electron chi connectivity index (χ0n) is 22.2. The summed E-state index contributed by atoms with van der Waals surface area (Å²) in [7, 11) is 5.79. The SMILES string of the molecule is COc1cc(OC)c2c(=O)[nH]c(-c3cc(OC)c(OC(=O)C(C)(C)Oc4ccc(Cl)cc4)c(OC)c3)nc2c1. The molecule has 0 spiro atoms. The van der Waals surface area contributed by atoms with Gasteiger partial charge in [0.1, 0.15) is 28.5 Å². The van der Waals surface area contributed by atoms with E-state index >= 15 is 0 Å². The number of aromatic nitrogens is 2. The Hall–Kier alpha value is -4.44. The number of methoxy groups -OCH3 is 4. The van der Waals surface area contributed by atoms with Crippen molar-refractivity contribution < 1.29 is 33.2 Å². The number of hydrogen-bond acceptors (Lipinski definition) is 9. The maximum Gasteiger partial charge on any atom is 0.355 e. The first kappa shape index (κ1) is 27.6. The van der Waals surface area contributed by atoms with Crippen LogP contribution in [-0.2, 0) is 4.79 Å². The van der Waals surface area contributed by atoms with Crippen LogP contribution in [0.1, 0.15) is 13.8 Å². The number of hydrogen-bond donors (Lipinski definition) is 1. The molecule has 3 aromatic carbocycles. The maximum absolute atomic E-state index is 13.1. The van der Waals surface area contributed by atoms with E-state index in [1.165, 1.54) is 28.4 Å². The summed E-state index contributed by atoms with van der Waals surface area (Å²) in [4.78, 5) is 33.5. The lowest BCUT2D eigenvalue weighted by Crippen LogP contribution is -2.41. The van der Waals surface area contributed by atoms with Gasteiger partial charge >= 0.3 is 5.97 Å². The summed E-state index contributed by atoms with van der Waals surface area (Å²) in [6.07, 6.45) is 0. The minimum Gasteiger partial charge on any atom is -0.497 e. The van der Waals surface area contributed by atoms with E-state index in [0.29, 0.717) is 33.4 Å². The van der Waals surface area contributed by atoms with Crippen LogP contribution in [0.2, 0.25) is 5.02 Å². The average molecular weight is 555 g/mol. The fraction of sp³-hybridized carbons (Fsp3) is 0.250. The molecule has 0 bridgehead atoms. The largest absolute Gasteiger partial charge is 0.497 e. The van der Waals surface area contributed by atoms with Gasteiger partial charge in [0.2, 0.25) is 11.4 Å². The summed E-state index contributed by atoms with van der Waals surface area (Å²) in [6, 6.07) is 13.0. The van der Waals surface area contributed by atoms with Crippen LogP contribution >= 0.6 is 11.6 Å². The molecule has 1 aromatic heterocycles. The van der Waals surface area contributed by atoms with E-state index in [1.807, 2.05) is 0 Å². The Morgan fingerprint density at radius 2 is 1.46 bits per heavy atom. The molecule has 0 atom stereocenters. The van der Waals surface area contributed by atoms with Gasteiger partial charge in [-0.15, -0.1) is 0 Å². The van der Waals surface area contributed by atoms with Crippen LogP contribution < -0.4 is 34.0 Å². The van der Waals surface area contributed by atoms with Crippen LogP contribution in [0, 0.1) is 0 Å². The van der Waals surface area contributed by atoms with Gasteiger partial charge < -0.3 is 33.4 Å². The molecule has 0 aliphatic carbocycles. The predicted octanol–water partition coefficient (Wildman–Crippen LogP) is 5.04. The van der Waals surface area contributed by atoms with E-state index in [9.17, 15) is 9.59 Å². The van der Waals surface area contributed by atoms with Crippen LogP contribution in [-0.4, -0.2) is 50.0 Å². The molecule has 39 heavy (non-hydrogen) atoms. The van der Waals surface area contributed by atoms with Crippen molar-refractivity contribution in [2.75, 3.05) is 28.4 Å². The summed E-state index contributed by atoms with van der Waals surface area (Å²) >= 11 is 5.93. The van der Waals surface area contributed by atoms with Crippen LogP contribution in [0.3, 0.4) is 0 Å². The van der Waals surface area contributed by atoms with Crippen molar-refractivity contribution in [3.63, 3.8) is 0 Å². The minimum absolute atomic E-state index is 0.0352. The quantitative estimate of drug-likeness (QED) is 0.224. The summed E-state index contributed by atoms with van der Waals surface area (Å²) in [5.74, 6) is 1.15. The van der Waals surface area contributed by atoms with Gasteiger partial charge in [0, 0.05) is 22.7 Å². The molecule has 4 rings (SSSR count). The number of aromatic amines is 1. The third-order valence-electron chi connectivity index (χ3n) is 5.81. The monoisotopic (exact) mass is 554 g/mol. The molecule has 0 fully saturated rings. The van der Waals surface area contributed by atoms with Gasteiger partial charge in [-0.05, 0) is 50.2 Å². The van der Waals surface area contributed by atoms with Gasteiger partial charge in [0.05, 0.1) is 34.0 Å². The second-order valence-corrected chi connectivity index (χ2v) is 9.24. The second-order valence-electron chi connectivity index (χ2n) is 8.80. The Bertz CT molecular complexity index is 1560. The van der Waals surface area contributed by atoms with E-state index < -0.39 is 17.1 Å². The van der Waals surface area contributed by atoms with Gasteiger partial charge in [0.15, 0.2) is 11.5 Å². The molecule has 0 aliphatic rings. The normalized spacial score (nSPS) is 11.2. The predicted molar refractivity (Wildman–Crippen MR) is 146 cm³/mol. The van der Waals surface area contributed by atoms with E-state index in [1.54, 1.807) is 62.4 Å². The van der Waals surface area contributed by atoms with E-state index in [-0.39, 0.29) is 28.5 Å². The number of rotatable bonds is 9. The van der Waals surface area contributed by atoms with E-state index in [4.69, 9.17) is 40.0 Å². The van der Waals surface area contributed by atoms with Gasteiger partial charge in [-0.25, -0.2) is 9.78 Å². The van der Waals surface area contributed by atoms with Crippen molar-refractivity contribution in [2.45, 2.75) is 19.4 Å². The molecule has 204 valence electrons. The highest BCUT2D eigenvalue weighted by Crippen LogP contribution is 2.42. The highest BCUT2D eigenvalue weighted by molar-refractivity contribution is 6.30. The lowest BCUT2D eigenvalue weighted by Gasteiger charge is -2.25. The maximum atomic E-state index is 13.1. The Balaban J connectivity index is 1.72. The summed E-state index contributed by atoms with van der Waals surface area (Å²) in [5, 5.41) is 0.812. The molecule has 0 saturated heterocycles. The van der Waals surface area contributed by atoms with Gasteiger partial charge in [-0.2, -0.15) is 0 Å². The smallest absolute Gasteiger partial charge is 0.355 e. The van der Waals surface area contributed by atoms with Crippen molar-refractivity contribution in [3.05, 3.63) is 63.9 Å². The molecular formula is C28H27ClN2O8. The number of carbonyl (C=O) groups is 1. The van der Waals surface area contributed by atoms with Crippen molar-refractivity contribution >= 4 is 28.5 Å². The van der Waals surface area contributed by atoms with Gasteiger partial charge in [0.25, 0.3) is 5.56 Å². The number of fused-ring (bicyclic) bond motifs is 1. The Morgan fingerprint density at radius 1 is 0.846 bits per heavy atom. The lowest BCUT2D eigenvalue weighted by molar-refractivity contribution is -0.149. The summed E-state index contributed by atoms with van der Waals surface area (Å²) in [6.45, 7) is 3.15. The molecule has 1 N–H and O–H groups in total. The first-order valence-corrected chi connectivity index (χ1v) is 12.1. The van der Waals surface area contributed by atoms with Crippen molar-refractivity contribution in [3.8, 4) is 45.9 Å². The number of nitrogens with one attached hydrogen (secondary N) is 1. The van der Waals surface area contributed by atoms with Crippen molar-refractivity contribution in [2.24, 2.45) is 0 Å². The second kappa shape index (κ2) is 11.1. The van der Waals surface area contributed by atoms with Gasteiger partial charge in [-0.3, -0.25) is 4.79 Å².